The number of amides is 2. The molecule has 0 heterocycles. The molecule has 0 aliphatic rings. The van der Waals surface area contributed by atoms with Gasteiger partial charge in [-0.15, -0.1) is 0 Å². The van der Waals surface area contributed by atoms with Crippen LogP contribution in [-0.2, 0) is 13.2 Å². The molecule has 4 N–H and O–H groups in total. The van der Waals surface area contributed by atoms with Crippen molar-refractivity contribution in [3.05, 3.63) is 35.1 Å². The molecule has 0 aromatic heterocycles. The van der Waals surface area contributed by atoms with Gasteiger partial charge >= 0.3 is 6.03 Å². The number of carbonyl (C=O) groups excluding carboxylic acids is 1. The zero-order valence-electron chi connectivity index (χ0n) is 11.5. The van der Waals surface area contributed by atoms with Crippen LogP contribution in [0.1, 0.15) is 30.9 Å². The lowest BCUT2D eigenvalue weighted by Crippen LogP contribution is -2.40. The summed E-state index contributed by atoms with van der Waals surface area (Å²) in [5.74, 6) is -0.460. The van der Waals surface area contributed by atoms with E-state index in [2.05, 4.69) is 10.6 Å². The Balaban J connectivity index is 2.41. The predicted molar refractivity (Wildman–Crippen MR) is 73.5 cm³/mol. The highest BCUT2D eigenvalue weighted by molar-refractivity contribution is 5.74. The Kier molecular flexibility index (Phi) is 6.97. The lowest BCUT2D eigenvalue weighted by atomic mass is 10.1. The first-order valence-electron chi connectivity index (χ1n) is 6.60. The molecule has 112 valence electrons. The van der Waals surface area contributed by atoms with Crippen LogP contribution in [0.5, 0.6) is 0 Å². The van der Waals surface area contributed by atoms with Gasteiger partial charge in [-0.05, 0) is 37.5 Å². The van der Waals surface area contributed by atoms with Gasteiger partial charge in [0.05, 0.1) is 6.61 Å². The van der Waals surface area contributed by atoms with Crippen molar-refractivity contribution in [2.24, 2.45) is 0 Å². The van der Waals surface area contributed by atoms with Crippen LogP contribution in [0.3, 0.4) is 0 Å². The van der Waals surface area contributed by atoms with E-state index in [1.54, 1.807) is 6.07 Å². The zero-order valence-corrected chi connectivity index (χ0v) is 11.5. The maximum atomic E-state index is 13.2. The molecule has 2 amide bonds. The summed E-state index contributed by atoms with van der Waals surface area (Å²) in [5, 5.41) is 23.1. The van der Waals surface area contributed by atoms with Gasteiger partial charge in [0.25, 0.3) is 0 Å². The van der Waals surface area contributed by atoms with E-state index >= 15 is 0 Å². The number of aliphatic hydroxyl groups is 2. The summed E-state index contributed by atoms with van der Waals surface area (Å²) in [6.45, 7) is 1.85. The highest BCUT2D eigenvalue weighted by Crippen LogP contribution is 2.10. The number of rotatable bonds is 7. The Bertz CT molecular complexity index is 440. The van der Waals surface area contributed by atoms with Crippen LogP contribution in [0.4, 0.5) is 9.18 Å². The third-order valence-corrected chi connectivity index (χ3v) is 2.91. The Hall–Kier alpha value is -1.66. The highest BCUT2D eigenvalue weighted by Gasteiger charge is 2.07. The smallest absolute Gasteiger partial charge is 0.315 e. The van der Waals surface area contributed by atoms with Crippen molar-refractivity contribution < 1.29 is 19.4 Å². The van der Waals surface area contributed by atoms with Gasteiger partial charge in [-0.1, -0.05) is 6.07 Å². The molecule has 0 bridgehead atoms. The molecule has 0 aliphatic heterocycles. The van der Waals surface area contributed by atoms with Crippen molar-refractivity contribution in [2.75, 3.05) is 6.61 Å². The Labute approximate surface area is 117 Å². The molecule has 6 heteroatoms. The number of hydrogen-bond donors (Lipinski definition) is 4. The third-order valence-electron chi connectivity index (χ3n) is 2.91. The summed E-state index contributed by atoms with van der Waals surface area (Å²) in [6, 6.07) is 4.01. The molecule has 1 atom stereocenters. The van der Waals surface area contributed by atoms with Crippen LogP contribution < -0.4 is 10.6 Å². The average molecular weight is 284 g/mol. The molecule has 0 saturated carbocycles. The van der Waals surface area contributed by atoms with Gasteiger partial charge in [0, 0.05) is 24.8 Å². The SMILES string of the molecule is CC(CCCO)NC(=O)NCc1ccc(F)c(CO)c1. The molecule has 1 aromatic carbocycles. The number of urea groups is 1. The lowest BCUT2D eigenvalue weighted by Gasteiger charge is -2.14. The van der Waals surface area contributed by atoms with Crippen LogP contribution in [-0.4, -0.2) is 28.9 Å². The van der Waals surface area contributed by atoms with E-state index in [0.717, 1.165) is 0 Å². The van der Waals surface area contributed by atoms with E-state index in [0.29, 0.717) is 18.4 Å². The molecule has 1 rings (SSSR count). The number of carbonyl (C=O) groups is 1. The summed E-state index contributed by atoms with van der Waals surface area (Å²) in [5.41, 5.74) is 0.926. The van der Waals surface area contributed by atoms with Gasteiger partial charge in [-0.3, -0.25) is 0 Å². The van der Waals surface area contributed by atoms with E-state index in [1.165, 1.54) is 12.1 Å². The maximum absolute atomic E-state index is 13.2. The van der Waals surface area contributed by atoms with E-state index < -0.39 is 5.82 Å². The third kappa shape index (κ3) is 5.54. The van der Waals surface area contributed by atoms with Gasteiger partial charge in [-0.2, -0.15) is 0 Å². The minimum absolute atomic E-state index is 0.0247. The minimum Gasteiger partial charge on any atom is -0.396 e. The summed E-state index contributed by atoms with van der Waals surface area (Å²) >= 11 is 0. The Morgan fingerprint density at radius 1 is 1.40 bits per heavy atom. The van der Waals surface area contributed by atoms with Gasteiger partial charge in [-0.25, -0.2) is 9.18 Å². The number of halogens is 1. The second kappa shape index (κ2) is 8.50. The zero-order chi connectivity index (χ0) is 15.0. The molecule has 1 unspecified atom stereocenters. The highest BCUT2D eigenvalue weighted by atomic mass is 19.1. The van der Waals surface area contributed by atoms with Crippen LogP contribution >= 0.6 is 0 Å². The summed E-state index contributed by atoms with van der Waals surface area (Å²) in [4.78, 5) is 11.6. The normalized spacial score (nSPS) is 12.0. The van der Waals surface area contributed by atoms with Crippen LogP contribution in [0.2, 0.25) is 0 Å². The number of benzene rings is 1. The van der Waals surface area contributed by atoms with Crippen molar-refractivity contribution in [1.82, 2.24) is 10.6 Å². The fourth-order valence-electron chi connectivity index (χ4n) is 1.79. The van der Waals surface area contributed by atoms with Gasteiger partial charge in [0.1, 0.15) is 5.82 Å². The van der Waals surface area contributed by atoms with E-state index in [1.807, 2.05) is 6.92 Å². The van der Waals surface area contributed by atoms with Crippen LogP contribution in [0, 0.1) is 5.82 Å². The molecule has 0 radical (unpaired) electrons. The second-order valence-corrected chi connectivity index (χ2v) is 4.68. The molecule has 0 spiro atoms. The van der Waals surface area contributed by atoms with Crippen molar-refractivity contribution in [2.45, 2.75) is 39.0 Å². The first-order valence-corrected chi connectivity index (χ1v) is 6.60. The maximum Gasteiger partial charge on any atom is 0.315 e. The summed E-state index contributed by atoms with van der Waals surface area (Å²) in [6.07, 6.45) is 1.34. The number of aliphatic hydroxyl groups excluding tert-OH is 2. The van der Waals surface area contributed by atoms with E-state index in [-0.39, 0.29) is 37.4 Å². The van der Waals surface area contributed by atoms with Gasteiger partial charge in [0.15, 0.2) is 0 Å². The number of hydrogen-bond acceptors (Lipinski definition) is 3. The molecule has 1 aromatic rings. The fourth-order valence-corrected chi connectivity index (χ4v) is 1.79. The second-order valence-electron chi connectivity index (χ2n) is 4.68. The first kappa shape index (κ1) is 16.4. The van der Waals surface area contributed by atoms with E-state index in [9.17, 15) is 9.18 Å². The molecular formula is C14H21FN2O3. The predicted octanol–water partition coefficient (Wildman–Crippen LogP) is 1.28. The molecule has 0 fully saturated rings. The molecular weight excluding hydrogens is 263 g/mol. The first-order chi connectivity index (χ1) is 9.56. The minimum atomic E-state index is -0.460. The monoisotopic (exact) mass is 284 g/mol. The largest absolute Gasteiger partial charge is 0.396 e. The fraction of sp³-hybridized carbons (Fsp3) is 0.500. The number of nitrogens with one attached hydrogen (secondary N) is 2. The average Bonchev–Trinajstić information content (AvgIpc) is 2.44. The lowest BCUT2D eigenvalue weighted by molar-refractivity contribution is 0.234. The quantitative estimate of drug-likeness (QED) is 0.609. The van der Waals surface area contributed by atoms with Gasteiger partial charge < -0.3 is 20.8 Å². The van der Waals surface area contributed by atoms with Crippen molar-refractivity contribution in [3.8, 4) is 0 Å². The van der Waals surface area contributed by atoms with Gasteiger partial charge in [0.2, 0.25) is 0 Å². The summed E-state index contributed by atoms with van der Waals surface area (Å²) < 4.78 is 13.2. The Morgan fingerprint density at radius 3 is 2.80 bits per heavy atom. The molecule has 0 saturated heterocycles. The Morgan fingerprint density at radius 2 is 2.15 bits per heavy atom. The van der Waals surface area contributed by atoms with Crippen LogP contribution in [0.15, 0.2) is 18.2 Å². The molecule has 0 aliphatic carbocycles. The topological polar surface area (TPSA) is 81.6 Å². The standard InChI is InChI=1S/C14H21FN2O3/c1-10(3-2-6-18)17-14(20)16-8-11-4-5-13(15)12(7-11)9-19/h4-5,7,10,18-19H,2-3,6,8-9H2,1H3,(H2,16,17,20). The van der Waals surface area contributed by atoms with E-state index in [4.69, 9.17) is 10.2 Å². The van der Waals surface area contributed by atoms with Crippen molar-refractivity contribution in [1.29, 1.82) is 0 Å². The molecule has 20 heavy (non-hydrogen) atoms. The van der Waals surface area contributed by atoms with Crippen LogP contribution in [0.25, 0.3) is 0 Å². The van der Waals surface area contributed by atoms with Crippen molar-refractivity contribution >= 4 is 6.03 Å². The summed E-state index contributed by atoms with van der Waals surface area (Å²) in [7, 11) is 0. The van der Waals surface area contributed by atoms with Crippen molar-refractivity contribution in [3.63, 3.8) is 0 Å². The molecule has 5 nitrogen and oxygen atoms in total.